The van der Waals surface area contributed by atoms with Crippen LogP contribution in [-0.4, -0.2) is 48.3 Å². The number of aryl methyl sites for hydroxylation is 1. The summed E-state index contributed by atoms with van der Waals surface area (Å²) in [6, 6.07) is 9.76. The van der Waals surface area contributed by atoms with Crippen molar-refractivity contribution in [3.05, 3.63) is 36.1 Å². The molecule has 6 nitrogen and oxygen atoms in total. The summed E-state index contributed by atoms with van der Waals surface area (Å²) in [5.74, 6) is 2.08. The molecule has 0 radical (unpaired) electrons. The Morgan fingerprint density at radius 1 is 1.22 bits per heavy atom. The van der Waals surface area contributed by atoms with Gasteiger partial charge in [0.2, 0.25) is 0 Å². The molecule has 0 unspecified atom stereocenters. The second kappa shape index (κ2) is 7.12. The third-order valence-corrected chi connectivity index (χ3v) is 5.18. The van der Waals surface area contributed by atoms with Crippen molar-refractivity contribution in [1.29, 1.82) is 0 Å². The van der Waals surface area contributed by atoms with Crippen molar-refractivity contribution >= 4 is 16.6 Å². The van der Waals surface area contributed by atoms with Gasteiger partial charge in [-0.2, -0.15) is 0 Å². The fourth-order valence-corrected chi connectivity index (χ4v) is 3.60. The van der Waals surface area contributed by atoms with E-state index in [0.29, 0.717) is 17.3 Å². The number of fused-ring (bicyclic) bond motifs is 1. The Kier molecular flexibility index (Phi) is 4.66. The largest absolute Gasteiger partial charge is 0.504 e. The number of hydrogen-bond acceptors (Lipinski definition) is 6. The molecule has 2 N–H and O–H groups in total. The van der Waals surface area contributed by atoms with E-state index >= 15 is 0 Å². The third-order valence-electron chi connectivity index (χ3n) is 5.18. The molecule has 0 atom stereocenters. The van der Waals surface area contributed by atoms with Crippen LogP contribution < -0.4 is 10.1 Å². The summed E-state index contributed by atoms with van der Waals surface area (Å²) in [7, 11) is 3.71. The Bertz CT molecular complexity index is 959. The third kappa shape index (κ3) is 3.57. The molecule has 0 saturated carbocycles. The molecule has 0 bridgehead atoms. The van der Waals surface area contributed by atoms with Crippen LogP contribution in [0.2, 0.25) is 0 Å². The fraction of sp³-hybridized carbons (Fsp3) is 0.381. The molecule has 3 aromatic rings. The number of phenols is 1. The number of aromatic nitrogens is 1. The van der Waals surface area contributed by atoms with Crippen molar-refractivity contribution in [2.75, 3.05) is 32.6 Å². The van der Waals surface area contributed by atoms with E-state index in [0.717, 1.165) is 54.2 Å². The van der Waals surface area contributed by atoms with Gasteiger partial charge in [0.15, 0.2) is 17.3 Å². The summed E-state index contributed by atoms with van der Waals surface area (Å²) in [5.41, 5.74) is 2.43. The van der Waals surface area contributed by atoms with Gasteiger partial charge in [-0.3, -0.25) is 0 Å². The monoisotopic (exact) mass is 367 g/mol. The van der Waals surface area contributed by atoms with Crippen LogP contribution in [0.3, 0.4) is 0 Å². The molecule has 0 aliphatic carbocycles. The lowest BCUT2D eigenvalue weighted by Crippen LogP contribution is -2.36. The van der Waals surface area contributed by atoms with E-state index in [2.05, 4.69) is 17.3 Å². The Balaban J connectivity index is 1.79. The average Bonchev–Trinajstić information content (AvgIpc) is 3.09. The van der Waals surface area contributed by atoms with Gasteiger partial charge in [0, 0.05) is 23.2 Å². The number of furan rings is 1. The first-order chi connectivity index (χ1) is 13.0. The Morgan fingerprint density at radius 3 is 2.67 bits per heavy atom. The van der Waals surface area contributed by atoms with Crippen molar-refractivity contribution < 1.29 is 14.3 Å². The molecule has 1 aliphatic rings. The van der Waals surface area contributed by atoms with Gasteiger partial charge in [-0.15, -0.1) is 0 Å². The number of aromatic hydroxyl groups is 1. The molecule has 0 amide bonds. The van der Waals surface area contributed by atoms with E-state index in [-0.39, 0.29) is 5.75 Å². The molecule has 3 heterocycles. The highest BCUT2D eigenvalue weighted by Gasteiger charge is 2.19. The molecule has 1 aromatic carbocycles. The van der Waals surface area contributed by atoms with E-state index in [4.69, 9.17) is 14.1 Å². The molecule has 142 valence electrons. The Morgan fingerprint density at radius 2 is 2.00 bits per heavy atom. The first-order valence-electron chi connectivity index (χ1n) is 9.27. The number of ether oxygens (including phenoxy) is 1. The highest BCUT2D eigenvalue weighted by molar-refractivity contribution is 5.95. The predicted molar refractivity (Wildman–Crippen MR) is 107 cm³/mol. The van der Waals surface area contributed by atoms with Crippen LogP contribution in [-0.2, 0) is 0 Å². The molecule has 1 aliphatic heterocycles. The number of piperidine rings is 1. The van der Waals surface area contributed by atoms with Crippen molar-refractivity contribution in [2.24, 2.45) is 0 Å². The minimum absolute atomic E-state index is 0.0792. The number of nitrogens with zero attached hydrogens (tertiary/aromatic N) is 2. The smallest absolute Gasteiger partial charge is 0.161 e. The second-order valence-electron chi connectivity index (χ2n) is 7.23. The molecular formula is C21H25N3O3. The van der Waals surface area contributed by atoms with Crippen LogP contribution in [0.4, 0.5) is 5.69 Å². The van der Waals surface area contributed by atoms with Crippen LogP contribution in [0.15, 0.2) is 34.7 Å². The first-order valence-corrected chi connectivity index (χ1v) is 9.27. The first kappa shape index (κ1) is 17.7. The zero-order valence-electron chi connectivity index (χ0n) is 16.0. The van der Waals surface area contributed by atoms with E-state index in [1.807, 2.05) is 31.2 Å². The number of hydrogen-bond donors (Lipinski definition) is 2. The fourth-order valence-electron chi connectivity index (χ4n) is 3.60. The summed E-state index contributed by atoms with van der Waals surface area (Å²) in [6.07, 6.45) is 2.18. The van der Waals surface area contributed by atoms with Gasteiger partial charge in [0.1, 0.15) is 11.5 Å². The topological polar surface area (TPSA) is 70.8 Å². The molecular weight excluding hydrogens is 342 g/mol. The number of pyridine rings is 1. The standard InChI is InChI=1S/C21H25N3O3/c1-13-4-5-20(27-13)18-11-16(22-14-6-8-24(2)9-7-14)15-10-21(26-3)19(25)12-17(15)23-18/h4-5,10-12,14,25H,6-9H2,1-3H3,(H,22,23). The lowest BCUT2D eigenvalue weighted by atomic mass is 10.0. The number of methoxy groups -OCH3 is 1. The van der Waals surface area contributed by atoms with Crippen LogP contribution in [0.1, 0.15) is 18.6 Å². The van der Waals surface area contributed by atoms with Gasteiger partial charge in [-0.25, -0.2) is 4.98 Å². The quantitative estimate of drug-likeness (QED) is 0.726. The van der Waals surface area contributed by atoms with Crippen LogP contribution in [0, 0.1) is 6.92 Å². The number of anilines is 1. The van der Waals surface area contributed by atoms with Crippen LogP contribution in [0.5, 0.6) is 11.5 Å². The molecule has 4 rings (SSSR count). The minimum Gasteiger partial charge on any atom is -0.504 e. The maximum Gasteiger partial charge on any atom is 0.161 e. The van der Waals surface area contributed by atoms with Crippen molar-refractivity contribution in [1.82, 2.24) is 9.88 Å². The van der Waals surface area contributed by atoms with E-state index in [1.54, 1.807) is 13.2 Å². The lowest BCUT2D eigenvalue weighted by molar-refractivity contribution is 0.264. The molecule has 6 heteroatoms. The molecule has 27 heavy (non-hydrogen) atoms. The van der Waals surface area contributed by atoms with Gasteiger partial charge < -0.3 is 24.5 Å². The van der Waals surface area contributed by atoms with Crippen molar-refractivity contribution in [3.63, 3.8) is 0 Å². The summed E-state index contributed by atoms with van der Waals surface area (Å²) < 4.78 is 11.1. The van der Waals surface area contributed by atoms with Crippen LogP contribution >= 0.6 is 0 Å². The van der Waals surface area contributed by atoms with Crippen molar-refractivity contribution in [3.8, 4) is 23.0 Å². The minimum atomic E-state index is 0.0792. The number of benzene rings is 1. The Hall–Kier alpha value is -2.73. The molecule has 1 fully saturated rings. The number of nitrogens with one attached hydrogen (secondary N) is 1. The summed E-state index contributed by atoms with van der Waals surface area (Å²) in [6.45, 7) is 4.07. The van der Waals surface area contributed by atoms with Gasteiger partial charge >= 0.3 is 0 Å². The number of phenolic OH excluding ortho intramolecular Hbond substituents is 1. The molecule has 0 spiro atoms. The summed E-state index contributed by atoms with van der Waals surface area (Å²) >= 11 is 0. The van der Waals surface area contributed by atoms with E-state index in [9.17, 15) is 5.11 Å². The lowest BCUT2D eigenvalue weighted by Gasteiger charge is -2.30. The summed E-state index contributed by atoms with van der Waals surface area (Å²) in [4.78, 5) is 7.05. The number of likely N-dealkylation sites (tertiary alicyclic amines) is 1. The van der Waals surface area contributed by atoms with Crippen LogP contribution in [0.25, 0.3) is 22.4 Å². The predicted octanol–water partition coefficient (Wildman–Crippen LogP) is 4.02. The second-order valence-corrected chi connectivity index (χ2v) is 7.23. The van der Waals surface area contributed by atoms with Crippen molar-refractivity contribution in [2.45, 2.75) is 25.8 Å². The van der Waals surface area contributed by atoms with Gasteiger partial charge in [0.25, 0.3) is 0 Å². The zero-order valence-corrected chi connectivity index (χ0v) is 16.0. The maximum atomic E-state index is 10.2. The Labute approximate surface area is 158 Å². The highest BCUT2D eigenvalue weighted by Crippen LogP contribution is 2.37. The van der Waals surface area contributed by atoms with E-state index < -0.39 is 0 Å². The van der Waals surface area contributed by atoms with E-state index in [1.165, 1.54) is 0 Å². The molecule has 2 aromatic heterocycles. The van der Waals surface area contributed by atoms with Gasteiger partial charge in [-0.05, 0) is 64.2 Å². The average molecular weight is 367 g/mol. The maximum absolute atomic E-state index is 10.2. The normalized spacial score (nSPS) is 16.0. The zero-order chi connectivity index (χ0) is 19.0. The van der Waals surface area contributed by atoms with Gasteiger partial charge in [-0.1, -0.05) is 0 Å². The summed E-state index contributed by atoms with van der Waals surface area (Å²) in [5, 5.41) is 14.8. The highest BCUT2D eigenvalue weighted by atomic mass is 16.5. The number of rotatable bonds is 4. The SMILES string of the molecule is COc1cc2c(NC3CCN(C)CC3)cc(-c3ccc(C)o3)nc2cc1O. The van der Waals surface area contributed by atoms with Gasteiger partial charge in [0.05, 0.1) is 12.6 Å². The molecule has 1 saturated heterocycles.